The molecule has 150 valence electrons. The molecule has 2 spiro atoms. The smallest absolute Gasteiger partial charge is 0.340 e. The molecule has 0 N–H and O–H groups in total. The van der Waals surface area contributed by atoms with Crippen molar-refractivity contribution in [3.8, 4) is 0 Å². The van der Waals surface area contributed by atoms with E-state index in [1.807, 2.05) is 0 Å². The molecular formula is C21H30O6. The monoisotopic (exact) mass is 378 g/mol. The maximum Gasteiger partial charge on any atom is 0.340 e. The summed E-state index contributed by atoms with van der Waals surface area (Å²) in [5.74, 6) is 0.0283. The maximum atomic E-state index is 12.8. The van der Waals surface area contributed by atoms with Crippen molar-refractivity contribution in [3.63, 3.8) is 0 Å². The van der Waals surface area contributed by atoms with Crippen LogP contribution in [0.15, 0.2) is 0 Å². The molecule has 0 aromatic rings. The molecule has 6 nitrogen and oxygen atoms in total. The predicted molar refractivity (Wildman–Crippen MR) is 94.5 cm³/mol. The fourth-order valence-corrected chi connectivity index (χ4v) is 7.61. The van der Waals surface area contributed by atoms with Crippen molar-refractivity contribution < 1.29 is 28.5 Å². The van der Waals surface area contributed by atoms with Crippen molar-refractivity contribution in [1.29, 1.82) is 0 Å². The first-order valence-electron chi connectivity index (χ1n) is 10.4. The van der Waals surface area contributed by atoms with E-state index in [0.29, 0.717) is 12.8 Å². The van der Waals surface area contributed by atoms with E-state index in [9.17, 15) is 9.59 Å². The summed E-state index contributed by atoms with van der Waals surface area (Å²) in [5, 5.41) is 0. The van der Waals surface area contributed by atoms with Crippen LogP contribution < -0.4 is 0 Å². The molecule has 3 aliphatic heterocycles. The molecule has 27 heavy (non-hydrogen) atoms. The molecule has 8 unspecified atom stereocenters. The molecule has 8 atom stereocenters. The first-order chi connectivity index (χ1) is 12.7. The fraction of sp³-hybridized carbons (Fsp3) is 0.905. The number of fused-ring (bicyclic) bond motifs is 1. The lowest BCUT2D eigenvalue weighted by Gasteiger charge is -2.62. The maximum absolute atomic E-state index is 12.8. The van der Waals surface area contributed by atoms with Gasteiger partial charge in [0.25, 0.3) is 0 Å². The van der Waals surface area contributed by atoms with E-state index >= 15 is 0 Å². The Hall–Kier alpha value is -1.14. The average Bonchev–Trinajstić information content (AvgIpc) is 3.23. The Morgan fingerprint density at radius 2 is 1.81 bits per heavy atom. The lowest BCUT2D eigenvalue weighted by Crippen LogP contribution is -2.65. The summed E-state index contributed by atoms with van der Waals surface area (Å²) in [7, 11) is 1.56. The minimum atomic E-state index is -0.901. The second kappa shape index (κ2) is 5.26. The molecule has 5 rings (SSSR count). The van der Waals surface area contributed by atoms with Gasteiger partial charge in [0.05, 0.1) is 17.4 Å². The second-order valence-corrected chi connectivity index (χ2v) is 10.0. The number of ether oxygens (including phenoxy) is 4. The van der Waals surface area contributed by atoms with Gasteiger partial charge in [0.1, 0.15) is 6.10 Å². The van der Waals surface area contributed by atoms with Gasteiger partial charge in [-0.15, -0.1) is 0 Å². The summed E-state index contributed by atoms with van der Waals surface area (Å²) in [6, 6.07) is 0. The number of esters is 2. The van der Waals surface area contributed by atoms with Crippen molar-refractivity contribution in [3.05, 3.63) is 0 Å². The molecule has 5 aliphatic rings. The van der Waals surface area contributed by atoms with E-state index in [-0.39, 0.29) is 35.3 Å². The van der Waals surface area contributed by atoms with Crippen LogP contribution in [0.2, 0.25) is 0 Å². The van der Waals surface area contributed by atoms with Gasteiger partial charge in [0, 0.05) is 18.4 Å². The number of carbonyl (C=O) groups excluding carboxylic acids is 2. The van der Waals surface area contributed by atoms with Gasteiger partial charge in [-0.2, -0.15) is 0 Å². The first kappa shape index (κ1) is 17.9. The Bertz CT molecular complexity index is 707. The Labute approximate surface area is 160 Å². The third-order valence-electron chi connectivity index (χ3n) is 8.86. The molecule has 0 aromatic heterocycles. The number of methoxy groups -OCH3 is 1. The highest BCUT2D eigenvalue weighted by Gasteiger charge is 2.75. The van der Waals surface area contributed by atoms with Gasteiger partial charge in [-0.1, -0.05) is 20.3 Å². The largest absolute Gasteiger partial charge is 0.462 e. The number of carbonyl (C=O) groups is 2. The molecule has 2 aliphatic carbocycles. The lowest BCUT2D eigenvalue weighted by molar-refractivity contribution is -0.248. The van der Waals surface area contributed by atoms with Gasteiger partial charge in [-0.25, -0.2) is 4.79 Å². The molecule has 5 fully saturated rings. The molecular weight excluding hydrogens is 348 g/mol. The Morgan fingerprint density at radius 3 is 2.52 bits per heavy atom. The first-order valence-corrected chi connectivity index (χ1v) is 10.4. The topological polar surface area (TPSA) is 71.1 Å². The van der Waals surface area contributed by atoms with E-state index in [4.69, 9.17) is 18.9 Å². The summed E-state index contributed by atoms with van der Waals surface area (Å²) in [5.41, 5.74) is -1.95. The molecule has 0 bridgehead atoms. The highest BCUT2D eigenvalue weighted by Crippen LogP contribution is 2.70. The van der Waals surface area contributed by atoms with Crippen LogP contribution in [0, 0.1) is 22.7 Å². The number of cyclic esters (lactones) is 1. The van der Waals surface area contributed by atoms with Gasteiger partial charge >= 0.3 is 11.9 Å². The minimum absolute atomic E-state index is 0.0316. The third-order valence-corrected chi connectivity index (χ3v) is 8.86. The van der Waals surface area contributed by atoms with Crippen molar-refractivity contribution in [2.24, 2.45) is 22.7 Å². The highest BCUT2D eigenvalue weighted by molar-refractivity contribution is 5.82. The van der Waals surface area contributed by atoms with Crippen LogP contribution in [-0.2, 0) is 28.5 Å². The second-order valence-electron chi connectivity index (χ2n) is 10.0. The van der Waals surface area contributed by atoms with E-state index < -0.39 is 22.9 Å². The fourth-order valence-electron chi connectivity index (χ4n) is 7.61. The zero-order chi connectivity index (χ0) is 19.2. The quantitative estimate of drug-likeness (QED) is 0.653. The molecule has 3 heterocycles. The molecule has 0 amide bonds. The summed E-state index contributed by atoms with van der Waals surface area (Å²) in [4.78, 5) is 25.5. The zero-order valence-corrected chi connectivity index (χ0v) is 16.7. The van der Waals surface area contributed by atoms with Crippen LogP contribution in [0.5, 0.6) is 0 Å². The summed E-state index contributed by atoms with van der Waals surface area (Å²) < 4.78 is 23.4. The van der Waals surface area contributed by atoms with Gasteiger partial charge in [-0.3, -0.25) is 4.79 Å². The van der Waals surface area contributed by atoms with Crippen LogP contribution in [0.4, 0.5) is 0 Å². The van der Waals surface area contributed by atoms with Gasteiger partial charge in [0.15, 0.2) is 5.60 Å². The average molecular weight is 378 g/mol. The highest BCUT2D eigenvalue weighted by atomic mass is 16.7. The lowest BCUT2D eigenvalue weighted by atomic mass is 9.44. The summed E-state index contributed by atoms with van der Waals surface area (Å²) >= 11 is 0. The summed E-state index contributed by atoms with van der Waals surface area (Å²) in [6.07, 6.45) is 5.05. The number of hydrogen-bond donors (Lipinski definition) is 0. The van der Waals surface area contributed by atoms with Crippen molar-refractivity contribution in [2.75, 3.05) is 7.11 Å². The zero-order valence-electron chi connectivity index (χ0n) is 16.7. The van der Waals surface area contributed by atoms with Gasteiger partial charge in [-0.05, 0) is 44.9 Å². The van der Waals surface area contributed by atoms with E-state index in [2.05, 4.69) is 20.8 Å². The van der Waals surface area contributed by atoms with Crippen LogP contribution in [-0.4, -0.2) is 42.6 Å². The Balaban J connectivity index is 1.57. The molecule has 0 aromatic carbocycles. The van der Waals surface area contributed by atoms with E-state index in [1.165, 1.54) is 0 Å². The number of rotatable bonds is 1. The predicted octanol–water partition coefficient (Wildman–Crippen LogP) is 2.97. The van der Waals surface area contributed by atoms with Crippen LogP contribution in [0.1, 0.15) is 65.7 Å². The van der Waals surface area contributed by atoms with Crippen LogP contribution in [0.3, 0.4) is 0 Å². The molecule has 3 saturated heterocycles. The Morgan fingerprint density at radius 1 is 1.04 bits per heavy atom. The van der Waals surface area contributed by atoms with E-state index in [1.54, 1.807) is 7.11 Å². The van der Waals surface area contributed by atoms with Crippen molar-refractivity contribution in [2.45, 2.75) is 89.3 Å². The van der Waals surface area contributed by atoms with Gasteiger partial charge in [0.2, 0.25) is 6.29 Å². The Kier molecular flexibility index (Phi) is 3.49. The van der Waals surface area contributed by atoms with E-state index in [0.717, 1.165) is 32.1 Å². The van der Waals surface area contributed by atoms with Crippen LogP contribution in [0.25, 0.3) is 0 Å². The summed E-state index contributed by atoms with van der Waals surface area (Å²) in [6.45, 7) is 6.57. The van der Waals surface area contributed by atoms with Crippen LogP contribution >= 0.6 is 0 Å². The molecule has 0 radical (unpaired) electrons. The minimum Gasteiger partial charge on any atom is -0.462 e. The van der Waals surface area contributed by atoms with Crippen molar-refractivity contribution >= 4 is 11.9 Å². The standard InChI is InChI=1S/C21H30O6/c1-12-10-13-15-18(2,16(22)25-13)6-5-7-19(15,3)21(12)9-8-20(27-21)11-14(24-4)26-17(20)23/h12-15H,5-11H2,1-4H3. The number of hydrogen-bond acceptors (Lipinski definition) is 6. The molecule has 6 heteroatoms. The molecule has 2 saturated carbocycles. The van der Waals surface area contributed by atoms with Crippen molar-refractivity contribution in [1.82, 2.24) is 0 Å². The normalized spacial score (nSPS) is 56.4. The third kappa shape index (κ3) is 1.94. The van der Waals surface area contributed by atoms with Gasteiger partial charge < -0.3 is 18.9 Å². The SMILES string of the molecule is COC1CC2(CCC3(O2)C(C)CC2OC(=O)C4(C)CCCC3(C)C24)C(=O)O1.